The lowest BCUT2D eigenvalue weighted by Crippen LogP contribution is -2.41. The van der Waals surface area contributed by atoms with Gasteiger partial charge in [0.2, 0.25) is 11.8 Å². The molecule has 1 saturated heterocycles. The molecule has 6 heteroatoms. The van der Waals surface area contributed by atoms with Gasteiger partial charge in [-0.1, -0.05) is 5.16 Å². The van der Waals surface area contributed by atoms with Crippen molar-refractivity contribution in [3.05, 3.63) is 11.8 Å². The van der Waals surface area contributed by atoms with Crippen LogP contribution in [0.15, 0.2) is 10.6 Å². The molecule has 0 aromatic carbocycles. The lowest BCUT2D eigenvalue weighted by Gasteiger charge is -2.23. The Kier molecular flexibility index (Phi) is 4.21. The number of aliphatic hydroxyl groups excluding tert-OH is 1. The number of anilines is 1. The Hall–Kier alpha value is -1.40. The predicted octanol–water partition coefficient (Wildman–Crippen LogP) is 1.01. The van der Waals surface area contributed by atoms with Crippen molar-refractivity contribution in [1.29, 1.82) is 0 Å². The van der Waals surface area contributed by atoms with Gasteiger partial charge in [0, 0.05) is 12.6 Å². The summed E-state index contributed by atoms with van der Waals surface area (Å²) in [6.07, 6.45) is 0.605. The molecule has 1 amide bonds. The molecule has 3 unspecified atom stereocenters. The predicted molar refractivity (Wildman–Crippen MR) is 70.7 cm³/mol. The van der Waals surface area contributed by atoms with Gasteiger partial charge in [-0.05, 0) is 39.7 Å². The monoisotopic (exact) mass is 267 g/mol. The van der Waals surface area contributed by atoms with Crippen LogP contribution in [0.25, 0.3) is 0 Å². The van der Waals surface area contributed by atoms with Crippen molar-refractivity contribution in [2.24, 2.45) is 5.92 Å². The molecule has 0 saturated carbocycles. The molecule has 6 nitrogen and oxygen atoms in total. The molecule has 19 heavy (non-hydrogen) atoms. The van der Waals surface area contributed by atoms with Gasteiger partial charge in [0.15, 0.2) is 0 Å². The molecule has 2 heterocycles. The number of rotatable bonds is 4. The summed E-state index contributed by atoms with van der Waals surface area (Å²) in [4.78, 5) is 14.2. The van der Waals surface area contributed by atoms with Crippen LogP contribution in [0.5, 0.6) is 0 Å². The highest BCUT2D eigenvalue weighted by Crippen LogP contribution is 2.22. The number of hydrogen-bond donors (Lipinski definition) is 2. The highest BCUT2D eigenvalue weighted by atomic mass is 16.5. The van der Waals surface area contributed by atoms with Crippen LogP contribution in [0.4, 0.5) is 5.88 Å². The van der Waals surface area contributed by atoms with E-state index >= 15 is 0 Å². The molecule has 1 aromatic heterocycles. The van der Waals surface area contributed by atoms with Gasteiger partial charge in [-0.25, -0.2) is 0 Å². The summed E-state index contributed by atoms with van der Waals surface area (Å²) in [6.45, 7) is 7.05. The van der Waals surface area contributed by atoms with E-state index in [1.54, 1.807) is 19.9 Å². The third-order valence-corrected chi connectivity index (χ3v) is 3.74. The van der Waals surface area contributed by atoms with Crippen LogP contribution in [-0.2, 0) is 4.79 Å². The van der Waals surface area contributed by atoms with Crippen LogP contribution in [0.3, 0.4) is 0 Å². The van der Waals surface area contributed by atoms with Gasteiger partial charge >= 0.3 is 0 Å². The molecular weight excluding hydrogens is 246 g/mol. The second kappa shape index (κ2) is 5.71. The molecule has 106 valence electrons. The molecule has 2 rings (SSSR count). The summed E-state index contributed by atoms with van der Waals surface area (Å²) >= 11 is 0. The van der Waals surface area contributed by atoms with Gasteiger partial charge < -0.3 is 9.63 Å². The number of carbonyl (C=O) groups is 1. The molecule has 1 aromatic rings. The molecule has 0 spiro atoms. The Morgan fingerprint density at radius 3 is 2.89 bits per heavy atom. The first-order valence-corrected chi connectivity index (χ1v) is 6.63. The first kappa shape index (κ1) is 14.0. The number of carbonyl (C=O) groups excluding carboxylic acids is 1. The number of amides is 1. The zero-order chi connectivity index (χ0) is 14.0. The second-order valence-electron chi connectivity index (χ2n) is 5.28. The number of nitrogens with zero attached hydrogens (tertiary/aromatic N) is 2. The Bertz CT molecular complexity index is 444. The van der Waals surface area contributed by atoms with Crippen LogP contribution in [0, 0.1) is 12.8 Å². The highest BCUT2D eigenvalue weighted by molar-refractivity contribution is 5.93. The zero-order valence-corrected chi connectivity index (χ0v) is 11.6. The van der Waals surface area contributed by atoms with E-state index in [9.17, 15) is 9.90 Å². The van der Waals surface area contributed by atoms with Gasteiger partial charge in [0.1, 0.15) is 0 Å². The number of aliphatic hydroxyl groups is 1. The minimum Gasteiger partial charge on any atom is -0.393 e. The number of hydrogen-bond acceptors (Lipinski definition) is 5. The second-order valence-corrected chi connectivity index (χ2v) is 5.28. The van der Waals surface area contributed by atoms with Gasteiger partial charge in [-0.2, -0.15) is 0 Å². The van der Waals surface area contributed by atoms with E-state index in [-0.39, 0.29) is 24.0 Å². The molecular formula is C13H21N3O3. The van der Waals surface area contributed by atoms with E-state index in [1.807, 2.05) is 6.92 Å². The largest absolute Gasteiger partial charge is 0.393 e. The van der Waals surface area contributed by atoms with E-state index in [2.05, 4.69) is 15.4 Å². The van der Waals surface area contributed by atoms with Crippen LogP contribution in [0.1, 0.15) is 26.0 Å². The highest BCUT2D eigenvalue weighted by Gasteiger charge is 2.31. The van der Waals surface area contributed by atoms with Crippen LogP contribution in [0.2, 0.25) is 0 Å². The number of aromatic nitrogens is 1. The Balaban J connectivity index is 1.89. The fourth-order valence-corrected chi connectivity index (χ4v) is 2.38. The van der Waals surface area contributed by atoms with Crippen molar-refractivity contribution in [1.82, 2.24) is 10.1 Å². The maximum atomic E-state index is 12.1. The van der Waals surface area contributed by atoms with Crippen LogP contribution < -0.4 is 5.32 Å². The van der Waals surface area contributed by atoms with Crippen molar-refractivity contribution in [3.63, 3.8) is 0 Å². The fourth-order valence-electron chi connectivity index (χ4n) is 2.38. The van der Waals surface area contributed by atoms with E-state index in [0.717, 1.165) is 25.2 Å². The van der Waals surface area contributed by atoms with Crippen molar-refractivity contribution < 1.29 is 14.4 Å². The third kappa shape index (κ3) is 3.33. The minimum absolute atomic E-state index is 0.109. The standard InChI is InChI=1S/C13H21N3O3/c1-8-6-12(19-15-8)14-13(18)9(2)16-5-4-11(7-16)10(3)17/h6,9-11,17H,4-5,7H2,1-3H3,(H,14,18). The van der Waals surface area contributed by atoms with Gasteiger partial charge in [-0.15, -0.1) is 0 Å². The number of aryl methyl sites for hydroxylation is 1. The van der Waals surface area contributed by atoms with Crippen LogP contribution >= 0.6 is 0 Å². The normalized spacial score (nSPS) is 23.3. The summed E-state index contributed by atoms with van der Waals surface area (Å²) in [5, 5.41) is 16.0. The van der Waals surface area contributed by atoms with Crippen molar-refractivity contribution >= 4 is 11.8 Å². The fraction of sp³-hybridized carbons (Fsp3) is 0.692. The summed E-state index contributed by atoms with van der Waals surface area (Å²) in [6, 6.07) is 1.45. The average molecular weight is 267 g/mol. The number of nitrogens with one attached hydrogen (secondary N) is 1. The van der Waals surface area contributed by atoms with Gasteiger partial charge in [-0.3, -0.25) is 15.0 Å². The lowest BCUT2D eigenvalue weighted by atomic mass is 10.0. The van der Waals surface area contributed by atoms with Crippen molar-refractivity contribution in [2.75, 3.05) is 18.4 Å². The SMILES string of the molecule is Cc1cc(NC(=O)C(C)N2CCC(C(C)O)C2)on1. The molecule has 1 fully saturated rings. The molecule has 0 aliphatic carbocycles. The number of likely N-dealkylation sites (tertiary alicyclic amines) is 1. The topological polar surface area (TPSA) is 78.6 Å². The smallest absolute Gasteiger partial charge is 0.243 e. The maximum absolute atomic E-state index is 12.1. The summed E-state index contributed by atoms with van der Waals surface area (Å²) < 4.78 is 4.97. The molecule has 2 N–H and O–H groups in total. The van der Waals surface area contributed by atoms with Gasteiger partial charge in [0.25, 0.3) is 0 Å². The summed E-state index contributed by atoms with van der Waals surface area (Å²) in [7, 11) is 0. The third-order valence-electron chi connectivity index (χ3n) is 3.74. The molecule has 3 atom stereocenters. The zero-order valence-electron chi connectivity index (χ0n) is 11.6. The van der Waals surface area contributed by atoms with E-state index in [4.69, 9.17) is 4.52 Å². The average Bonchev–Trinajstić information content (AvgIpc) is 2.97. The van der Waals surface area contributed by atoms with Crippen molar-refractivity contribution in [2.45, 2.75) is 39.3 Å². The first-order chi connectivity index (χ1) is 8.97. The van der Waals surface area contributed by atoms with Crippen molar-refractivity contribution in [3.8, 4) is 0 Å². The summed E-state index contributed by atoms with van der Waals surface area (Å²) in [5.74, 6) is 0.519. The first-order valence-electron chi connectivity index (χ1n) is 6.63. The Labute approximate surface area is 112 Å². The quantitative estimate of drug-likeness (QED) is 0.851. The minimum atomic E-state index is -0.322. The van der Waals surface area contributed by atoms with Gasteiger partial charge in [0.05, 0.1) is 17.8 Å². The molecule has 1 aliphatic heterocycles. The molecule has 1 aliphatic rings. The lowest BCUT2D eigenvalue weighted by molar-refractivity contribution is -0.120. The molecule has 0 radical (unpaired) electrons. The Morgan fingerprint density at radius 2 is 2.37 bits per heavy atom. The Morgan fingerprint density at radius 1 is 1.63 bits per heavy atom. The van der Waals surface area contributed by atoms with Crippen LogP contribution in [-0.4, -0.2) is 46.3 Å². The van der Waals surface area contributed by atoms with E-state index in [0.29, 0.717) is 5.88 Å². The summed E-state index contributed by atoms with van der Waals surface area (Å²) in [5.41, 5.74) is 0.735. The van der Waals surface area contributed by atoms with E-state index < -0.39 is 0 Å². The van der Waals surface area contributed by atoms with E-state index in [1.165, 1.54) is 0 Å². The maximum Gasteiger partial charge on any atom is 0.243 e. The molecule has 0 bridgehead atoms.